The molecule has 13 heavy (non-hydrogen) atoms. The van der Waals surface area contributed by atoms with Crippen LogP contribution in [0.2, 0.25) is 0 Å². The summed E-state index contributed by atoms with van der Waals surface area (Å²) in [6, 6.07) is 5.99. The Morgan fingerprint density at radius 2 is 1.85 bits per heavy atom. The van der Waals surface area contributed by atoms with E-state index >= 15 is 0 Å². The average molecular weight is 179 g/mol. The van der Waals surface area contributed by atoms with Crippen molar-refractivity contribution in [1.82, 2.24) is 0 Å². The predicted octanol–water partition coefficient (Wildman–Crippen LogP) is 1.43. The highest BCUT2D eigenvalue weighted by molar-refractivity contribution is 5.87. The van der Waals surface area contributed by atoms with Crippen LogP contribution in [0.5, 0.6) is 0 Å². The maximum atomic E-state index is 10.5. The van der Waals surface area contributed by atoms with Gasteiger partial charge in [-0.05, 0) is 12.1 Å². The lowest BCUT2D eigenvalue weighted by Crippen LogP contribution is -2.15. The van der Waals surface area contributed by atoms with Crippen molar-refractivity contribution in [3.05, 3.63) is 42.3 Å². The fraction of sp³-hybridized carbons (Fsp3) is 0.200. The molecule has 0 aliphatic rings. The normalized spacial score (nSPS) is 14.9. The lowest BCUT2D eigenvalue weighted by molar-refractivity contribution is 0.0696. The Bertz CT molecular complexity index is 306. The highest BCUT2D eigenvalue weighted by Crippen LogP contribution is 2.19. The van der Waals surface area contributed by atoms with Crippen LogP contribution in [0.1, 0.15) is 22.8 Å². The van der Waals surface area contributed by atoms with Crippen molar-refractivity contribution in [2.45, 2.75) is 12.5 Å². The van der Waals surface area contributed by atoms with Gasteiger partial charge in [-0.3, -0.25) is 0 Å². The number of rotatable bonds is 2. The molecule has 1 aromatic carbocycles. The first-order valence-electron chi connectivity index (χ1n) is 3.83. The third-order valence-corrected chi connectivity index (χ3v) is 1.75. The lowest BCUT2D eigenvalue weighted by atomic mass is 9.97. The molecule has 1 unspecified atom stereocenters. The quantitative estimate of drug-likeness (QED) is 0.675. The number of hydrogen-bond acceptors (Lipinski definition) is 2. The first kappa shape index (κ1) is 9.61. The fourth-order valence-electron chi connectivity index (χ4n) is 0.972. The van der Waals surface area contributed by atoms with Gasteiger partial charge in [0.2, 0.25) is 5.60 Å². The third-order valence-electron chi connectivity index (χ3n) is 1.75. The smallest absolute Gasteiger partial charge is 0.335 e. The Morgan fingerprint density at radius 3 is 2.15 bits per heavy atom. The molecule has 2 N–H and O–H groups in total. The van der Waals surface area contributed by atoms with E-state index in [1.54, 1.807) is 19.1 Å². The minimum atomic E-state index is -1.17. The summed E-state index contributed by atoms with van der Waals surface area (Å²) in [5, 5.41) is 18.1. The molecular weight excluding hydrogens is 168 g/mol. The second-order valence-corrected chi connectivity index (χ2v) is 3.16. The van der Waals surface area contributed by atoms with Crippen molar-refractivity contribution in [3.8, 4) is 0 Å². The van der Waals surface area contributed by atoms with Crippen LogP contribution in [0, 0.1) is 6.92 Å². The molecule has 1 aromatic rings. The fourth-order valence-corrected chi connectivity index (χ4v) is 0.972. The van der Waals surface area contributed by atoms with Crippen molar-refractivity contribution in [3.63, 3.8) is 0 Å². The van der Waals surface area contributed by atoms with E-state index in [0.29, 0.717) is 5.56 Å². The molecule has 0 spiro atoms. The average Bonchev–Trinajstić information content (AvgIpc) is 2.03. The van der Waals surface area contributed by atoms with E-state index in [2.05, 4.69) is 6.92 Å². The van der Waals surface area contributed by atoms with Crippen LogP contribution in [0.3, 0.4) is 0 Å². The Morgan fingerprint density at radius 1 is 1.38 bits per heavy atom. The van der Waals surface area contributed by atoms with Crippen LogP contribution >= 0.6 is 0 Å². The van der Waals surface area contributed by atoms with Gasteiger partial charge < -0.3 is 10.2 Å². The molecule has 0 aliphatic carbocycles. The summed E-state index contributed by atoms with van der Waals surface area (Å²) in [6.45, 7) is 5.07. The van der Waals surface area contributed by atoms with Crippen molar-refractivity contribution in [2.24, 2.45) is 0 Å². The van der Waals surface area contributed by atoms with Crippen LogP contribution in [0.4, 0.5) is 0 Å². The molecule has 0 saturated carbocycles. The van der Waals surface area contributed by atoms with E-state index in [-0.39, 0.29) is 5.56 Å². The van der Waals surface area contributed by atoms with Crippen LogP contribution < -0.4 is 0 Å². The summed E-state index contributed by atoms with van der Waals surface area (Å²) in [5.41, 5.74) is -0.373. The van der Waals surface area contributed by atoms with Gasteiger partial charge in [-0.1, -0.05) is 12.1 Å². The monoisotopic (exact) mass is 179 g/mol. The van der Waals surface area contributed by atoms with Crippen molar-refractivity contribution >= 4 is 5.97 Å². The number of hydrogen-bond donors (Lipinski definition) is 2. The largest absolute Gasteiger partial charge is 0.478 e. The zero-order chi connectivity index (χ0) is 10.1. The highest BCUT2D eigenvalue weighted by atomic mass is 16.4. The van der Waals surface area contributed by atoms with Gasteiger partial charge in [0, 0.05) is 12.5 Å². The van der Waals surface area contributed by atoms with Gasteiger partial charge in [-0.15, -0.1) is 0 Å². The summed E-state index contributed by atoms with van der Waals surface area (Å²) in [6.07, 6.45) is 0. The first-order valence-corrected chi connectivity index (χ1v) is 3.83. The molecule has 3 nitrogen and oxygen atoms in total. The minimum Gasteiger partial charge on any atom is -0.478 e. The summed E-state index contributed by atoms with van der Waals surface area (Å²) < 4.78 is 0. The van der Waals surface area contributed by atoms with E-state index in [0.717, 1.165) is 0 Å². The maximum absolute atomic E-state index is 10.5. The summed E-state index contributed by atoms with van der Waals surface area (Å²) in [7, 11) is 0. The molecule has 0 radical (unpaired) electrons. The van der Waals surface area contributed by atoms with Gasteiger partial charge >= 0.3 is 5.97 Å². The second-order valence-electron chi connectivity index (χ2n) is 3.16. The summed E-state index contributed by atoms with van der Waals surface area (Å²) >= 11 is 0. The minimum absolute atomic E-state index is 0.202. The molecule has 1 rings (SSSR count). The highest BCUT2D eigenvalue weighted by Gasteiger charge is 2.23. The van der Waals surface area contributed by atoms with E-state index in [1.807, 2.05) is 0 Å². The van der Waals surface area contributed by atoms with Gasteiger partial charge in [0.15, 0.2) is 0 Å². The lowest BCUT2D eigenvalue weighted by Gasteiger charge is -2.09. The zero-order valence-corrected chi connectivity index (χ0v) is 7.32. The Labute approximate surface area is 76.6 Å². The second kappa shape index (κ2) is 3.11. The number of carbonyl (C=O) groups is 1. The topological polar surface area (TPSA) is 57.5 Å². The number of aliphatic hydroxyl groups is 1. The molecule has 0 aromatic heterocycles. The molecule has 0 saturated heterocycles. The third kappa shape index (κ3) is 2.23. The maximum Gasteiger partial charge on any atom is 0.335 e. The number of carboxylic acids is 1. The van der Waals surface area contributed by atoms with Gasteiger partial charge in [-0.25, -0.2) is 4.79 Å². The Hall–Kier alpha value is -1.48. The van der Waals surface area contributed by atoms with E-state index in [1.165, 1.54) is 12.1 Å². The standard InChI is InChI=1S/C10H10O3/c1-10(2,13)8-5-3-7(4-6-8)9(11)12/h3-6,13H,1H2,2H3/p+1. The van der Waals surface area contributed by atoms with Gasteiger partial charge in [0.25, 0.3) is 0 Å². The van der Waals surface area contributed by atoms with Crippen molar-refractivity contribution < 1.29 is 15.0 Å². The molecule has 1 atom stereocenters. The van der Waals surface area contributed by atoms with E-state index < -0.39 is 11.6 Å². The van der Waals surface area contributed by atoms with Crippen molar-refractivity contribution in [1.29, 1.82) is 0 Å². The molecule has 0 heterocycles. The molecule has 3 heteroatoms. The van der Waals surface area contributed by atoms with Crippen LogP contribution in [-0.2, 0) is 5.60 Å². The Kier molecular flexibility index (Phi) is 2.30. The van der Waals surface area contributed by atoms with Crippen LogP contribution in [0.25, 0.3) is 0 Å². The molecule has 0 aliphatic heterocycles. The Balaban J connectivity index is 3.01. The van der Waals surface area contributed by atoms with Gasteiger partial charge in [0.05, 0.1) is 12.5 Å². The predicted molar refractivity (Wildman–Crippen MR) is 48.3 cm³/mol. The van der Waals surface area contributed by atoms with Crippen LogP contribution in [0.15, 0.2) is 24.3 Å². The first-order chi connectivity index (χ1) is 5.91. The van der Waals surface area contributed by atoms with E-state index in [4.69, 9.17) is 5.11 Å². The SMILES string of the molecule is [CH2+]C(C)(O)c1ccc(C(=O)O)cc1. The number of benzene rings is 1. The summed E-state index contributed by atoms with van der Waals surface area (Å²) in [5.74, 6) is -0.977. The van der Waals surface area contributed by atoms with Gasteiger partial charge in [-0.2, -0.15) is 0 Å². The van der Waals surface area contributed by atoms with E-state index in [9.17, 15) is 9.90 Å². The van der Waals surface area contributed by atoms with Gasteiger partial charge in [0.1, 0.15) is 0 Å². The molecule has 0 fully saturated rings. The number of aromatic carboxylic acids is 1. The molecule has 0 bridgehead atoms. The zero-order valence-electron chi connectivity index (χ0n) is 7.32. The number of carboxylic acid groups (broad SMARTS) is 1. The molecular formula is C10H11O3+. The van der Waals surface area contributed by atoms with Crippen molar-refractivity contribution in [2.75, 3.05) is 0 Å². The summed E-state index contributed by atoms with van der Waals surface area (Å²) in [4.78, 5) is 10.5. The molecule has 68 valence electrons. The molecule has 0 amide bonds. The van der Waals surface area contributed by atoms with Crippen LogP contribution in [-0.4, -0.2) is 16.2 Å².